The van der Waals surface area contributed by atoms with Gasteiger partial charge in [-0.3, -0.25) is 4.79 Å². The molecule has 0 saturated heterocycles. The highest BCUT2D eigenvalue weighted by molar-refractivity contribution is 7.98. The summed E-state index contributed by atoms with van der Waals surface area (Å²) in [5, 5.41) is 11.7. The second-order valence-electron chi connectivity index (χ2n) is 7.38. The Kier molecular flexibility index (Phi) is 5.32. The minimum atomic E-state index is -0.284. The first-order valence-corrected chi connectivity index (χ1v) is 9.83. The molecule has 6 heteroatoms. The van der Waals surface area contributed by atoms with Crippen molar-refractivity contribution in [2.75, 3.05) is 6.26 Å². The van der Waals surface area contributed by atoms with Gasteiger partial charge >= 0.3 is 0 Å². The zero-order valence-corrected chi connectivity index (χ0v) is 16.4. The number of aromatic nitrogens is 3. The van der Waals surface area contributed by atoms with Gasteiger partial charge in [0, 0.05) is 10.3 Å². The number of thioether (sulfide) groups is 1. The largest absolute Gasteiger partial charge is 0.333 e. The Morgan fingerprint density at radius 2 is 1.85 bits per heavy atom. The second kappa shape index (κ2) is 7.50. The van der Waals surface area contributed by atoms with Crippen LogP contribution in [0.2, 0.25) is 0 Å². The third-order valence-corrected chi connectivity index (χ3v) is 5.01. The minimum Gasteiger partial charge on any atom is -0.333 e. The molecule has 1 unspecified atom stereocenters. The average Bonchev–Trinajstić information content (AvgIpc) is 3.03. The predicted molar refractivity (Wildman–Crippen MR) is 106 cm³/mol. The third kappa shape index (κ3) is 4.07. The molecular weight excluding hydrogens is 344 g/mol. The van der Waals surface area contributed by atoms with Gasteiger partial charge in [0.2, 0.25) is 5.91 Å². The lowest BCUT2D eigenvalue weighted by Gasteiger charge is -2.31. The second-order valence-corrected chi connectivity index (χ2v) is 8.26. The fraction of sp³-hybridized carbons (Fsp3) is 0.350. The summed E-state index contributed by atoms with van der Waals surface area (Å²) >= 11 is 1.69. The summed E-state index contributed by atoms with van der Waals surface area (Å²) in [4.78, 5) is 13.9. The Morgan fingerprint density at radius 3 is 2.50 bits per heavy atom. The Hall–Kier alpha value is -2.34. The number of benzene rings is 2. The van der Waals surface area contributed by atoms with E-state index in [2.05, 4.69) is 36.4 Å². The van der Waals surface area contributed by atoms with E-state index >= 15 is 0 Å². The van der Waals surface area contributed by atoms with Crippen LogP contribution in [-0.4, -0.2) is 27.2 Å². The maximum atomic E-state index is 12.7. The summed E-state index contributed by atoms with van der Waals surface area (Å²) in [5.74, 6) is -0.0265. The van der Waals surface area contributed by atoms with Gasteiger partial charge in [-0.2, -0.15) is 0 Å². The Balaban J connectivity index is 1.81. The number of rotatable bonds is 5. The van der Waals surface area contributed by atoms with Crippen LogP contribution in [0.15, 0.2) is 53.4 Å². The Labute approximate surface area is 158 Å². The van der Waals surface area contributed by atoms with Crippen molar-refractivity contribution in [1.82, 2.24) is 20.3 Å². The molecule has 0 saturated carbocycles. The lowest BCUT2D eigenvalue weighted by atomic mass is 9.92. The molecule has 0 fully saturated rings. The lowest BCUT2D eigenvalue weighted by Crippen LogP contribution is -2.41. The molecule has 0 aliphatic carbocycles. The van der Waals surface area contributed by atoms with E-state index in [9.17, 15) is 4.79 Å². The molecule has 0 aliphatic rings. The highest BCUT2D eigenvalue weighted by atomic mass is 32.2. The van der Waals surface area contributed by atoms with Crippen molar-refractivity contribution in [1.29, 1.82) is 0 Å². The van der Waals surface area contributed by atoms with Gasteiger partial charge in [0.05, 0.1) is 11.9 Å². The summed E-state index contributed by atoms with van der Waals surface area (Å²) in [6.45, 7) is 6.25. The number of carbonyl (C=O) groups excluding carboxylic acids is 1. The zero-order valence-electron chi connectivity index (χ0n) is 15.6. The van der Waals surface area contributed by atoms with Crippen molar-refractivity contribution in [3.63, 3.8) is 0 Å². The molecule has 3 rings (SSSR count). The monoisotopic (exact) mass is 368 g/mol. The number of nitrogens with one attached hydrogen (secondary N) is 1. The molecular formula is C20H24N4OS. The average molecular weight is 369 g/mol. The summed E-state index contributed by atoms with van der Waals surface area (Å²) in [6, 6.07) is 15.9. The maximum Gasteiger partial charge on any atom is 0.226 e. The first kappa shape index (κ1) is 18.5. The summed E-state index contributed by atoms with van der Waals surface area (Å²) in [6.07, 6.45) is 2.10. The van der Waals surface area contributed by atoms with Crippen LogP contribution in [0.3, 0.4) is 0 Å². The standard InChI is InChI=1S/C20H24N4OS/c1-20(2,3)19(24-17-8-6-5-7-16(17)22-23-24)21-18(25)13-14-9-11-15(26-4)12-10-14/h5-12,19H,13H2,1-4H3,(H,21,25). The smallest absolute Gasteiger partial charge is 0.226 e. The molecule has 0 aliphatic heterocycles. The van der Waals surface area contributed by atoms with E-state index in [0.717, 1.165) is 16.6 Å². The van der Waals surface area contributed by atoms with E-state index in [0.29, 0.717) is 6.42 Å². The Bertz CT molecular complexity index is 896. The fourth-order valence-electron chi connectivity index (χ4n) is 2.85. The van der Waals surface area contributed by atoms with Crippen LogP contribution < -0.4 is 5.32 Å². The van der Waals surface area contributed by atoms with E-state index in [1.165, 1.54) is 4.90 Å². The van der Waals surface area contributed by atoms with Gasteiger partial charge < -0.3 is 5.32 Å². The lowest BCUT2D eigenvalue weighted by molar-refractivity contribution is -0.123. The Morgan fingerprint density at radius 1 is 1.15 bits per heavy atom. The van der Waals surface area contributed by atoms with Crippen molar-refractivity contribution >= 4 is 28.7 Å². The third-order valence-electron chi connectivity index (χ3n) is 4.26. The van der Waals surface area contributed by atoms with E-state index in [-0.39, 0.29) is 17.5 Å². The predicted octanol–water partition coefficient (Wildman–Crippen LogP) is 4.06. The number of fused-ring (bicyclic) bond motifs is 1. The SMILES string of the molecule is CSc1ccc(CC(=O)NC(n2nnc3ccccc32)C(C)(C)C)cc1. The molecule has 0 radical (unpaired) electrons. The number of carbonyl (C=O) groups is 1. The van der Waals surface area contributed by atoms with Gasteiger partial charge in [-0.1, -0.05) is 50.3 Å². The topological polar surface area (TPSA) is 59.8 Å². The summed E-state index contributed by atoms with van der Waals surface area (Å²) in [7, 11) is 0. The number of para-hydroxylation sites is 1. The van der Waals surface area contributed by atoms with Crippen LogP contribution >= 0.6 is 11.8 Å². The molecule has 1 aromatic heterocycles. The van der Waals surface area contributed by atoms with E-state index < -0.39 is 0 Å². The van der Waals surface area contributed by atoms with Gasteiger partial charge in [0.15, 0.2) is 0 Å². The van der Waals surface area contributed by atoms with E-state index in [4.69, 9.17) is 0 Å². The first-order valence-electron chi connectivity index (χ1n) is 8.61. The van der Waals surface area contributed by atoms with Crippen LogP contribution in [0.4, 0.5) is 0 Å². The molecule has 2 aromatic carbocycles. The van der Waals surface area contributed by atoms with Crippen molar-refractivity contribution in [2.24, 2.45) is 5.41 Å². The van der Waals surface area contributed by atoms with E-state index in [1.807, 2.05) is 59.5 Å². The molecule has 136 valence electrons. The van der Waals surface area contributed by atoms with Crippen molar-refractivity contribution in [3.05, 3.63) is 54.1 Å². The summed E-state index contributed by atoms with van der Waals surface area (Å²) < 4.78 is 1.81. The van der Waals surface area contributed by atoms with Crippen LogP contribution in [0.5, 0.6) is 0 Å². The van der Waals surface area contributed by atoms with Crippen molar-refractivity contribution < 1.29 is 4.79 Å². The van der Waals surface area contributed by atoms with E-state index in [1.54, 1.807) is 11.8 Å². The molecule has 1 amide bonds. The number of hydrogen-bond acceptors (Lipinski definition) is 4. The van der Waals surface area contributed by atoms with Crippen LogP contribution in [0.1, 0.15) is 32.5 Å². The molecule has 26 heavy (non-hydrogen) atoms. The fourth-order valence-corrected chi connectivity index (χ4v) is 3.26. The van der Waals surface area contributed by atoms with Gasteiger partial charge in [0.1, 0.15) is 11.7 Å². The van der Waals surface area contributed by atoms with Crippen molar-refractivity contribution in [3.8, 4) is 0 Å². The molecule has 0 spiro atoms. The van der Waals surface area contributed by atoms with Crippen molar-refractivity contribution in [2.45, 2.75) is 38.3 Å². The highest BCUT2D eigenvalue weighted by Gasteiger charge is 2.30. The number of hydrogen-bond donors (Lipinski definition) is 1. The first-order chi connectivity index (χ1) is 12.4. The van der Waals surface area contributed by atoms with Gasteiger partial charge in [-0.05, 0) is 36.1 Å². The molecule has 5 nitrogen and oxygen atoms in total. The van der Waals surface area contributed by atoms with Gasteiger partial charge in [-0.15, -0.1) is 16.9 Å². The molecule has 1 atom stereocenters. The molecule has 3 aromatic rings. The quantitative estimate of drug-likeness (QED) is 0.690. The number of amides is 1. The maximum absolute atomic E-state index is 12.7. The minimum absolute atomic E-state index is 0.0265. The van der Waals surface area contributed by atoms with Crippen LogP contribution in [-0.2, 0) is 11.2 Å². The van der Waals surface area contributed by atoms with Crippen LogP contribution in [0, 0.1) is 5.41 Å². The van der Waals surface area contributed by atoms with Crippen LogP contribution in [0.25, 0.3) is 11.0 Å². The molecule has 1 N–H and O–H groups in total. The molecule has 1 heterocycles. The zero-order chi connectivity index (χ0) is 18.7. The molecule has 0 bridgehead atoms. The number of nitrogens with zero attached hydrogens (tertiary/aromatic N) is 3. The van der Waals surface area contributed by atoms with Gasteiger partial charge in [-0.25, -0.2) is 4.68 Å². The normalized spacial score (nSPS) is 12.9. The summed E-state index contributed by atoms with van der Waals surface area (Å²) in [5.41, 5.74) is 2.52. The van der Waals surface area contributed by atoms with Gasteiger partial charge in [0.25, 0.3) is 0 Å². The highest BCUT2D eigenvalue weighted by Crippen LogP contribution is 2.30.